The molecule has 0 aromatic heterocycles. The Morgan fingerprint density at radius 3 is 2.74 bits per heavy atom. The van der Waals surface area contributed by atoms with Gasteiger partial charge in [0.05, 0.1) is 11.8 Å². The molecular formula is C29H39N3O7. The number of aliphatic imine (C=N–C) groups is 1. The molecule has 1 aromatic carbocycles. The van der Waals surface area contributed by atoms with Crippen LogP contribution in [-0.2, 0) is 25.5 Å². The number of amides is 1. The van der Waals surface area contributed by atoms with Gasteiger partial charge in [-0.2, -0.15) is 0 Å². The van der Waals surface area contributed by atoms with Gasteiger partial charge in [-0.05, 0) is 63.5 Å². The molecule has 2 atom stereocenters. The third-order valence-electron chi connectivity index (χ3n) is 6.44. The van der Waals surface area contributed by atoms with E-state index in [1.807, 2.05) is 18.2 Å². The van der Waals surface area contributed by atoms with E-state index in [9.17, 15) is 19.8 Å². The summed E-state index contributed by atoms with van der Waals surface area (Å²) < 4.78 is 11.6. The van der Waals surface area contributed by atoms with Crippen molar-refractivity contribution in [3.8, 4) is 11.5 Å². The molecule has 0 bridgehead atoms. The Hall–Kier alpha value is -3.66. The van der Waals surface area contributed by atoms with Crippen LogP contribution in [0.1, 0.15) is 61.4 Å². The smallest absolute Gasteiger partial charge is 0.342 e. The molecule has 0 saturated carbocycles. The quantitative estimate of drug-likeness (QED) is 0.168. The summed E-state index contributed by atoms with van der Waals surface area (Å²) in [4.78, 5) is 36.6. The third-order valence-corrected chi connectivity index (χ3v) is 6.44. The molecule has 212 valence electrons. The molecule has 10 nitrogen and oxygen atoms in total. The number of ether oxygens (including phenoxy) is 2. The van der Waals surface area contributed by atoms with E-state index in [4.69, 9.17) is 14.3 Å². The van der Waals surface area contributed by atoms with Crippen LogP contribution in [0.15, 0.2) is 46.6 Å². The molecule has 1 aromatic rings. The third kappa shape index (κ3) is 9.86. The fourth-order valence-electron chi connectivity index (χ4n) is 4.43. The van der Waals surface area contributed by atoms with Gasteiger partial charge in [-0.25, -0.2) is 4.79 Å². The van der Waals surface area contributed by atoms with Gasteiger partial charge in [0.25, 0.3) is 5.91 Å². The van der Waals surface area contributed by atoms with Crippen molar-refractivity contribution in [1.29, 1.82) is 0 Å². The second-order valence-corrected chi connectivity index (χ2v) is 9.70. The number of esters is 1. The second kappa shape index (κ2) is 15.7. The fraction of sp³-hybridized carbons (Fsp3) is 0.517. The number of oxime groups is 1. The maximum absolute atomic E-state index is 13.0. The number of cyclic esters (lactones) is 1. The van der Waals surface area contributed by atoms with Crippen molar-refractivity contribution in [1.82, 2.24) is 4.90 Å². The predicted molar refractivity (Wildman–Crippen MR) is 148 cm³/mol. The molecule has 10 heteroatoms. The largest absolute Gasteiger partial charge is 0.508 e. The van der Waals surface area contributed by atoms with Crippen LogP contribution in [0.3, 0.4) is 0 Å². The van der Waals surface area contributed by atoms with Crippen molar-refractivity contribution < 1.29 is 34.1 Å². The van der Waals surface area contributed by atoms with E-state index in [1.54, 1.807) is 17.9 Å². The van der Waals surface area contributed by atoms with Gasteiger partial charge in [0.2, 0.25) is 0 Å². The summed E-state index contributed by atoms with van der Waals surface area (Å²) in [6, 6.07) is 2.48. The number of carbonyl (C=O) groups is 2. The monoisotopic (exact) mass is 541 g/mol. The summed E-state index contributed by atoms with van der Waals surface area (Å²) in [7, 11) is 0. The summed E-state index contributed by atoms with van der Waals surface area (Å²) in [5, 5.41) is 24.8. The van der Waals surface area contributed by atoms with Gasteiger partial charge in [0.15, 0.2) is 6.61 Å². The molecule has 2 N–H and O–H groups in total. The highest BCUT2D eigenvalue weighted by atomic mass is 16.6. The zero-order chi connectivity index (χ0) is 28.0. The Balaban J connectivity index is 1.85. The van der Waals surface area contributed by atoms with E-state index in [-0.39, 0.29) is 36.4 Å². The standard InChI is InChI=1S/C29H39N3O7/c1-21-9-6-11-25(37-16-8-13-30-2)12-7-10-23(31-38-20-27(35)32-14-4-3-5-15-32)17-22-18-24(33)19-26(34)28(22)29(36)39-21/h6-7,10-11,18-19,21,25,33-34H,2-5,8-9,12-17,20H2,1H3/b10-7+,11-6+,31-23+/t21-,25?/m1/s1. The summed E-state index contributed by atoms with van der Waals surface area (Å²) in [5.41, 5.74) is 0.656. The number of phenols is 2. The van der Waals surface area contributed by atoms with Gasteiger partial charge < -0.3 is 34.4 Å². The number of benzene rings is 1. The number of aromatic hydroxyl groups is 2. The van der Waals surface area contributed by atoms with Crippen LogP contribution in [-0.4, -0.2) is 84.5 Å². The summed E-state index contributed by atoms with van der Waals surface area (Å²) in [6.07, 6.45) is 11.6. The van der Waals surface area contributed by atoms with E-state index in [0.717, 1.165) is 31.7 Å². The van der Waals surface area contributed by atoms with E-state index < -0.39 is 17.8 Å². The minimum atomic E-state index is -0.713. The first-order chi connectivity index (χ1) is 18.9. The molecule has 1 saturated heterocycles. The van der Waals surface area contributed by atoms with Crippen LogP contribution < -0.4 is 0 Å². The number of allylic oxidation sites excluding steroid dienone is 1. The van der Waals surface area contributed by atoms with Crippen molar-refractivity contribution in [3.05, 3.63) is 47.6 Å². The lowest BCUT2D eigenvalue weighted by Gasteiger charge is -2.26. The Labute approximate surface area is 229 Å². The predicted octanol–water partition coefficient (Wildman–Crippen LogP) is 3.95. The van der Waals surface area contributed by atoms with Crippen LogP contribution in [0.5, 0.6) is 11.5 Å². The second-order valence-electron chi connectivity index (χ2n) is 9.70. The highest BCUT2D eigenvalue weighted by Crippen LogP contribution is 2.29. The topological polar surface area (TPSA) is 130 Å². The first-order valence-electron chi connectivity index (χ1n) is 13.5. The summed E-state index contributed by atoms with van der Waals surface area (Å²) >= 11 is 0. The van der Waals surface area contributed by atoms with Crippen LogP contribution in [0.4, 0.5) is 0 Å². The van der Waals surface area contributed by atoms with Gasteiger partial charge in [-0.1, -0.05) is 23.4 Å². The number of hydrogen-bond acceptors (Lipinski definition) is 9. The van der Waals surface area contributed by atoms with E-state index in [1.165, 1.54) is 6.07 Å². The van der Waals surface area contributed by atoms with Crippen LogP contribution >= 0.6 is 0 Å². The molecule has 0 radical (unpaired) electrons. The number of phenolic OH excluding ortho intramolecular Hbond substituents is 2. The molecule has 39 heavy (non-hydrogen) atoms. The van der Waals surface area contributed by atoms with Gasteiger partial charge in [0.1, 0.15) is 23.2 Å². The lowest BCUT2D eigenvalue weighted by Crippen LogP contribution is -2.37. The SMILES string of the molecule is C=NCCCOC1/C=C/C[C@@H](C)OC(=O)c2c(O)cc(O)cc2CC(=N/OCC(=O)N2CCCCC2)/C=C/C1. The number of likely N-dealkylation sites (tertiary alicyclic amines) is 1. The number of nitrogens with zero attached hydrogens (tertiary/aromatic N) is 3. The van der Waals surface area contributed by atoms with Gasteiger partial charge in [-0.3, -0.25) is 4.79 Å². The van der Waals surface area contributed by atoms with Gasteiger partial charge in [0, 0.05) is 45.1 Å². The highest BCUT2D eigenvalue weighted by molar-refractivity contribution is 6.00. The summed E-state index contributed by atoms with van der Waals surface area (Å²) in [6.45, 7) is 7.59. The van der Waals surface area contributed by atoms with E-state index in [2.05, 4.69) is 16.9 Å². The molecule has 0 aliphatic carbocycles. The Morgan fingerprint density at radius 1 is 1.18 bits per heavy atom. The van der Waals surface area contributed by atoms with Crippen molar-refractivity contribution >= 4 is 24.3 Å². The maximum atomic E-state index is 13.0. The number of rotatable bonds is 8. The highest BCUT2D eigenvalue weighted by Gasteiger charge is 2.23. The molecule has 2 aliphatic heterocycles. The Morgan fingerprint density at radius 2 is 1.97 bits per heavy atom. The van der Waals surface area contributed by atoms with Crippen LogP contribution in [0, 0.1) is 0 Å². The molecule has 1 amide bonds. The average molecular weight is 542 g/mol. The van der Waals surface area contributed by atoms with Crippen molar-refractivity contribution in [2.75, 3.05) is 32.8 Å². The molecule has 2 aliphatic rings. The van der Waals surface area contributed by atoms with Crippen LogP contribution in [0.25, 0.3) is 0 Å². The zero-order valence-electron chi connectivity index (χ0n) is 22.6. The van der Waals surface area contributed by atoms with Crippen molar-refractivity contribution in [3.63, 3.8) is 0 Å². The van der Waals surface area contributed by atoms with Gasteiger partial charge >= 0.3 is 5.97 Å². The van der Waals surface area contributed by atoms with E-state index >= 15 is 0 Å². The zero-order valence-corrected chi connectivity index (χ0v) is 22.6. The minimum Gasteiger partial charge on any atom is -0.508 e. The molecule has 0 spiro atoms. The molecule has 3 rings (SSSR count). The maximum Gasteiger partial charge on any atom is 0.342 e. The van der Waals surface area contributed by atoms with Crippen molar-refractivity contribution in [2.45, 2.75) is 64.1 Å². The lowest BCUT2D eigenvalue weighted by atomic mass is 9.99. The lowest BCUT2D eigenvalue weighted by molar-refractivity contribution is -0.137. The molecule has 1 unspecified atom stereocenters. The molecule has 1 fully saturated rings. The minimum absolute atomic E-state index is 0.0432. The van der Waals surface area contributed by atoms with Crippen LogP contribution in [0.2, 0.25) is 0 Å². The number of piperidine rings is 1. The Kier molecular flexibility index (Phi) is 12.0. The first kappa shape index (κ1) is 29.9. The van der Waals surface area contributed by atoms with Gasteiger partial charge in [-0.15, -0.1) is 0 Å². The fourth-order valence-corrected chi connectivity index (χ4v) is 4.43. The molecular weight excluding hydrogens is 502 g/mol. The molecule has 2 heterocycles. The average Bonchev–Trinajstić information content (AvgIpc) is 2.90. The summed E-state index contributed by atoms with van der Waals surface area (Å²) in [5.74, 6) is -1.44. The van der Waals surface area contributed by atoms with Crippen molar-refractivity contribution in [2.24, 2.45) is 10.1 Å². The number of hydrogen-bond donors (Lipinski definition) is 2. The van der Waals surface area contributed by atoms with E-state index in [0.29, 0.717) is 50.4 Å². The normalized spacial score (nSPS) is 23.3. The first-order valence-corrected chi connectivity index (χ1v) is 13.5. The number of carbonyl (C=O) groups excluding carboxylic acids is 2. The number of fused-ring (bicyclic) bond motifs is 1. The Bertz CT molecular complexity index is 1080.